The van der Waals surface area contributed by atoms with Crippen molar-refractivity contribution in [2.75, 3.05) is 5.32 Å². The molecule has 2 N–H and O–H groups in total. The number of nitrogens with one attached hydrogen (secondary N) is 1. The minimum absolute atomic E-state index is 0.0835. The van der Waals surface area contributed by atoms with Gasteiger partial charge in [-0.3, -0.25) is 4.79 Å². The van der Waals surface area contributed by atoms with Crippen LogP contribution in [-0.4, -0.2) is 16.6 Å². The first-order valence-corrected chi connectivity index (χ1v) is 5.16. The number of amides is 1. The van der Waals surface area contributed by atoms with E-state index in [0.29, 0.717) is 0 Å². The predicted octanol–water partition coefficient (Wildman–Crippen LogP) is 2.43. The monoisotopic (exact) mass is 219 g/mol. The lowest BCUT2D eigenvalue weighted by atomic mass is 10.1. The zero-order chi connectivity index (χ0) is 12.2. The van der Waals surface area contributed by atoms with Gasteiger partial charge in [-0.25, -0.2) is 0 Å². The quantitative estimate of drug-likeness (QED) is 0.820. The van der Waals surface area contributed by atoms with Crippen LogP contribution in [0, 0.1) is 0 Å². The van der Waals surface area contributed by atoms with Crippen LogP contribution in [0.25, 0.3) is 6.08 Å². The third-order valence-corrected chi connectivity index (χ3v) is 1.91. The van der Waals surface area contributed by atoms with E-state index in [9.17, 15) is 9.90 Å². The molecule has 3 nitrogen and oxygen atoms in total. The summed E-state index contributed by atoms with van der Waals surface area (Å²) >= 11 is 0. The first-order valence-electron chi connectivity index (χ1n) is 5.16. The van der Waals surface area contributed by atoms with Gasteiger partial charge in [-0.2, -0.15) is 0 Å². The highest BCUT2D eigenvalue weighted by Crippen LogP contribution is 2.12. The highest BCUT2D eigenvalue weighted by Gasteiger charge is 2.05. The van der Waals surface area contributed by atoms with Crippen molar-refractivity contribution in [1.29, 1.82) is 0 Å². The fraction of sp³-hybridized carbons (Fsp3) is 0.308. The molecule has 1 rings (SSSR count). The standard InChI is InChI=1S/C13H17NO2/c1-10(15)14-12-6-4-11(5-7-12)8-9-13(2,3)16/h4-9,16H,1-3H3,(H,14,15). The molecule has 0 aliphatic carbocycles. The lowest BCUT2D eigenvalue weighted by Crippen LogP contribution is -2.13. The Kier molecular flexibility index (Phi) is 3.85. The second-order valence-corrected chi connectivity index (χ2v) is 4.29. The Hall–Kier alpha value is -1.61. The van der Waals surface area contributed by atoms with E-state index in [0.717, 1.165) is 11.3 Å². The molecule has 0 unspecified atom stereocenters. The van der Waals surface area contributed by atoms with Crippen LogP contribution in [0.3, 0.4) is 0 Å². The molecule has 3 heteroatoms. The Morgan fingerprint density at radius 2 is 1.88 bits per heavy atom. The van der Waals surface area contributed by atoms with Gasteiger partial charge in [0, 0.05) is 12.6 Å². The highest BCUT2D eigenvalue weighted by molar-refractivity contribution is 5.88. The van der Waals surface area contributed by atoms with Gasteiger partial charge in [0.25, 0.3) is 0 Å². The van der Waals surface area contributed by atoms with Crippen molar-refractivity contribution in [3.63, 3.8) is 0 Å². The second kappa shape index (κ2) is 4.94. The number of anilines is 1. The molecule has 1 aromatic rings. The van der Waals surface area contributed by atoms with E-state index in [-0.39, 0.29) is 5.91 Å². The minimum atomic E-state index is -0.809. The molecular formula is C13H17NO2. The molecule has 0 radical (unpaired) electrons. The SMILES string of the molecule is CC(=O)Nc1ccc(C=CC(C)(C)O)cc1. The molecule has 16 heavy (non-hydrogen) atoms. The maximum Gasteiger partial charge on any atom is 0.221 e. The lowest BCUT2D eigenvalue weighted by Gasteiger charge is -2.10. The van der Waals surface area contributed by atoms with Crippen LogP contribution in [0.15, 0.2) is 30.3 Å². The summed E-state index contributed by atoms with van der Waals surface area (Å²) in [5.74, 6) is -0.0835. The Balaban J connectivity index is 2.72. The highest BCUT2D eigenvalue weighted by atomic mass is 16.3. The van der Waals surface area contributed by atoms with E-state index < -0.39 is 5.60 Å². The number of benzene rings is 1. The second-order valence-electron chi connectivity index (χ2n) is 4.29. The summed E-state index contributed by atoms with van der Waals surface area (Å²) in [6, 6.07) is 7.41. The van der Waals surface area contributed by atoms with Crippen molar-refractivity contribution in [3.8, 4) is 0 Å². The van der Waals surface area contributed by atoms with E-state index in [2.05, 4.69) is 5.32 Å². The third-order valence-electron chi connectivity index (χ3n) is 1.91. The van der Waals surface area contributed by atoms with E-state index in [4.69, 9.17) is 0 Å². The van der Waals surface area contributed by atoms with Gasteiger partial charge in [0.15, 0.2) is 0 Å². The van der Waals surface area contributed by atoms with Gasteiger partial charge in [-0.1, -0.05) is 24.3 Å². The molecule has 0 aromatic heterocycles. The van der Waals surface area contributed by atoms with E-state index >= 15 is 0 Å². The van der Waals surface area contributed by atoms with Crippen LogP contribution in [0.2, 0.25) is 0 Å². The van der Waals surface area contributed by atoms with Gasteiger partial charge < -0.3 is 10.4 Å². The van der Waals surface area contributed by atoms with Crippen molar-refractivity contribution in [2.24, 2.45) is 0 Å². The number of hydrogen-bond donors (Lipinski definition) is 2. The predicted molar refractivity (Wildman–Crippen MR) is 66.1 cm³/mol. The molecule has 86 valence electrons. The molecule has 1 amide bonds. The van der Waals surface area contributed by atoms with Crippen LogP contribution in [0.5, 0.6) is 0 Å². The van der Waals surface area contributed by atoms with Crippen LogP contribution in [0.4, 0.5) is 5.69 Å². The molecule has 0 spiro atoms. The molecule has 1 aromatic carbocycles. The third kappa shape index (κ3) is 4.75. The number of carbonyl (C=O) groups is 1. The first kappa shape index (κ1) is 12.5. The Bertz CT molecular complexity index is 385. The summed E-state index contributed by atoms with van der Waals surface area (Å²) in [5, 5.41) is 12.2. The average Bonchev–Trinajstić information content (AvgIpc) is 2.14. The van der Waals surface area contributed by atoms with Crippen molar-refractivity contribution in [3.05, 3.63) is 35.9 Å². The molecular weight excluding hydrogens is 202 g/mol. The van der Waals surface area contributed by atoms with Gasteiger partial charge in [-0.15, -0.1) is 0 Å². The van der Waals surface area contributed by atoms with Crippen molar-refractivity contribution >= 4 is 17.7 Å². The largest absolute Gasteiger partial charge is 0.386 e. The van der Waals surface area contributed by atoms with Crippen molar-refractivity contribution in [2.45, 2.75) is 26.4 Å². The van der Waals surface area contributed by atoms with Gasteiger partial charge in [-0.05, 0) is 31.5 Å². The van der Waals surface area contributed by atoms with Gasteiger partial charge in [0.2, 0.25) is 5.91 Å². The first-order chi connectivity index (χ1) is 7.37. The fourth-order valence-electron chi connectivity index (χ4n) is 1.18. The fourth-order valence-corrected chi connectivity index (χ4v) is 1.18. The Morgan fingerprint density at radius 3 is 2.31 bits per heavy atom. The molecule has 0 saturated heterocycles. The molecule has 0 fully saturated rings. The zero-order valence-corrected chi connectivity index (χ0v) is 9.82. The van der Waals surface area contributed by atoms with Gasteiger partial charge >= 0.3 is 0 Å². The van der Waals surface area contributed by atoms with Crippen LogP contribution in [-0.2, 0) is 4.79 Å². The van der Waals surface area contributed by atoms with Crippen LogP contribution < -0.4 is 5.32 Å². The summed E-state index contributed by atoms with van der Waals surface area (Å²) < 4.78 is 0. The summed E-state index contributed by atoms with van der Waals surface area (Å²) in [6.07, 6.45) is 3.57. The summed E-state index contributed by atoms with van der Waals surface area (Å²) in [5.41, 5.74) is 0.945. The zero-order valence-electron chi connectivity index (χ0n) is 9.82. The van der Waals surface area contributed by atoms with Crippen LogP contribution >= 0.6 is 0 Å². The molecule has 0 aliphatic heterocycles. The maximum atomic E-state index is 10.8. The summed E-state index contributed by atoms with van der Waals surface area (Å²) in [7, 11) is 0. The molecule has 0 bridgehead atoms. The summed E-state index contributed by atoms with van der Waals surface area (Å²) in [4.78, 5) is 10.8. The minimum Gasteiger partial charge on any atom is -0.386 e. The molecule has 0 atom stereocenters. The topological polar surface area (TPSA) is 49.3 Å². The van der Waals surface area contributed by atoms with Crippen molar-refractivity contribution < 1.29 is 9.90 Å². The molecule has 0 heterocycles. The summed E-state index contributed by atoms with van der Waals surface area (Å²) in [6.45, 7) is 4.91. The Labute approximate surface area is 95.8 Å². The normalized spacial score (nSPS) is 11.8. The Morgan fingerprint density at radius 1 is 1.31 bits per heavy atom. The number of hydrogen-bond acceptors (Lipinski definition) is 2. The van der Waals surface area contributed by atoms with E-state index in [1.807, 2.05) is 30.3 Å². The maximum absolute atomic E-state index is 10.8. The van der Waals surface area contributed by atoms with E-state index in [1.54, 1.807) is 19.9 Å². The number of aliphatic hydroxyl groups is 1. The van der Waals surface area contributed by atoms with Gasteiger partial charge in [0.1, 0.15) is 0 Å². The molecule has 0 aliphatic rings. The van der Waals surface area contributed by atoms with E-state index in [1.165, 1.54) is 6.92 Å². The number of carbonyl (C=O) groups excluding carboxylic acids is 1. The van der Waals surface area contributed by atoms with Crippen molar-refractivity contribution in [1.82, 2.24) is 0 Å². The average molecular weight is 219 g/mol. The van der Waals surface area contributed by atoms with Gasteiger partial charge in [0.05, 0.1) is 5.60 Å². The smallest absolute Gasteiger partial charge is 0.221 e. The lowest BCUT2D eigenvalue weighted by molar-refractivity contribution is -0.114. The number of rotatable bonds is 3. The van der Waals surface area contributed by atoms with Crippen LogP contribution in [0.1, 0.15) is 26.3 Å². The molecule has 0 saturated carbocycles.